The summed E-state index contributed by atoms with van der Waals surface area (Å²) < 4.78 is 7.59. The van der Waals surface area contributed by atoms with E-state index in [-0.39, 0.29) is 11.1 Å². The summed E-state index contributed by atoms with van der Waals surface area (Å²) in [4.78, 5) is 16.9. The van der Waals surface area contributed by atoms with Crippen LogP contribution in [0.3, 0.4) is 0 Å². The molecule has 0 bridgehead atoms. The number of ether oxygens (including phenoxy) is 1. The van der Waals surface area contributed by atoms with Gasteiger partial charge in [-0.25, -0.2) is 4.98 Å². The highest BCUT2D eigenvalue weighted by Gasteiger charge is 2.20. The van der Waals surface area contributed by atoms with E-state index in [2.05, 4.69) is 10.3 Å². The maximum atomic E-state index is 12.9. The lowest BCUT2D eigenvalue weighted by Gasteiger charge is -2.10. The van der Waals surface area contributed by atoms with Crippen LogP contribution in [0.1, 0.15) is 29.9 Å². The fourth-order valence-corrected chi connectivity index (χ4v) is 3.21. The zero-order chi connectivity index (χ0) is 18.0. The van der Waals surface area contributed by atoms with Crippen LogP contribution in [0.25, 0.3) is 10.9 Å². The topological polar surface area (TPSA) is 56.1 Å². The van der Waals surface area contributed by atoms with Gasteiger partial charge in [-0.2, -0.15) is 0 Å². The van der Waals surface area contributed by atoms with Gasteiger partial charge in [-0.05, 0) is 56.7 Å². The van der Waals surface area contributed by atoms with Crippen LogP contribution in [0, 0.1) is 6.92 Å². The van der Waals surface area contributed by atoms with E-state index in [1.807, 2.05) is 43.5 Å². The van der Waals surface area contributed by atoms with Gasteiger partial charge < -0.3 is 14.6 Å². The van der Waals surface area contributed by atoms with Gasteiger partial charge in [0.1, 0.15) is 11.4 Å². The summed E-state index contributed by atoms with van der Waals surface area (Å²) in [5.41, 5.74) is 3.03. The Labute approximate surface area is 151 Å². The van der Waals surface area contributed by atoms with Crippen LogP contribution in [0.15, 0.2) is 36.5 Å². The summed E-state index contributed by atoms with van der Waals surface area (Å²) in [5, 5.41) is 4.14. The van der Waals surface area contributed by atoms with Crippen molar-refractivity contribution in [3.05, 3.63) is 52.9 Å². The molecule has 3 aromatic rings. The molecule has 0 saturated carbocycles. The molecule has 0 radical (unpaired) electrons. The number of hydrogen-bond donors (Lipinski definition) is 1. The molecular weight excluding hydrogens is 338 g/mol. The van der Waals surface area contributed by atoms with Crippen molar-refractivity contribution in [2.75, 3.05) is 11.9 Å². The Balaban J connectivity index is 2.07. The molecular formula is C19H20ClN3O2. The van der Waals surface area contributed by atoms with Crippen LogP contribution in [-0.4, -0.2) is 22.1 Å². The van der Waals surface area contributed by atoms with Crippen LogP contribution >= 0.6 is 11.6 Å². The van der Waals surface area contributed by atoms with Crippen molar-refractivity contribution in [1.29, 1.82) is 0 Å². The van der Waals surface area contributed by atoms with Gasteiger partial charge in [0.2, 0.25) is 0 Å². The number of pyridine rings is 1. The van der Waals surface area contributed by atoms with Crippen molar-refractivity contribution in [3.8, 4) is 5.75 Å². The van der Waals surface area contributed by atoms with Crippen LogP contribution in [0.4, 0.5) is 5.69 Å². The van der Waals surface area contributed by atoms with Crippen molar-refractivity contribution in [2.24, 2.45) is 0 Å². The molecule has 3 rings (SSSR count). The smallest absolute Gasteiger partial charge is 0.272 e. The third kappa shape index (κ3) is 3.20. The monoisotopic (exact) mass is 357 g/mol. The summed E-state index contributed by atoms with van der Waals surface area (Å²) in [6.07, 6.45) is 1.58. The minimum atomic E-state index is -0.205. The average Bonchev–Trinajstić information content (AvgIpc) is 2.89. The van der Waals surface area contributed by atoms with Gasteiger partial charge in [0.15, 0.2) is 5.15 Å². The van der Waals surface area contributed by atoms with E-state index in [1.165, 1.54) is 0 Å². The second-order valence-electron chi connectivity index (χ2n) is 5.63. The minimum Gasteiger partial charge on any atom is -0.494 e. The van der Waals surface area contributed by atoms with Crippen LogP contribution in [0.5, 0.6) is 5.75 Å². The number of aromatic nitrogens is 2. The van der Waals surface area contributed by atoms with E-state index in [0.717, 1.165) is 22.2 Å². The lowest BCUT2D eigenvalue weighted by molar-refractivity contribution is 0.101. The number of hydrogen-bond acceptors (Lipinski definition) is 3. The average molecular weight is 358 g/mol. The summed E-state index contributed by atoms with van der Waals surface area (Å²) in [7, 11) is 0. The number of nitrogens with zero attached hydrogens (tertiary/aromatic N) is 2. The molecule has 5 nitrogen and oxygen atoms in total. The number of carbonyl (C=O) groups excluding carboxylic acids is 1. The van der Waals surface area contributed by atoms with E-state index in [0.29, 0.717) is 24.5 Å². The van der Waals surface area contributed by atoms with E-state index in [1.54, 1.807) is 18.3 Å². The molecule has 25 heavy (non-hydrogen) atoms. The molecule has 0 aliphatic rings. The fraction of sp³-hybridized carbons (Fsp3) is 0.263. The molecule has 1 amide bonds. The van der Waals surface area contributed by atoms with Crippen molar-refractivity contribution in [1.82, 2.24) is 9.55 Å². The summed E-state index contributed by atoms with van der Waals surface area (Å²) in [6.45, 7) is 7.20. The van der Waals surface area contributed by atoms with Crippen LogP contribution < -0.4 is 10.1 Å². The Bertz CT molecular complexity index is 934. The van der Waals surface area contributed by atoms with Crippen molar-refractivity contribution < 1.29 is 9.53 Å². The highest BCUT2D eigenvalue weighted by molar-refractivity contribution is 6.32. The van der Waals surface area contributed by atoms with E-state index in [4.69, 9.17) is 16.3 Å². The number of rotatable bonds is 5. The molecule has 0 atom stereocenters. The van der Waals surface area contributed by atoms with E-state index in [9.17, 15) is 4.79 Å². The zero-order valence-electron chi connectivity index (χ0n) is 14.5. The Morgan fingerprint density at radius 3 is 2.80 bits per heavy atom. The highest BCUT2D eigenvalue weighted by Crippen LogP contribution is 2.30. The van der Waals surface area contributed by atoms with Gasteiger partial charge in [-0.1, -0.05) is 11.6 Å². The largest absolute Gasteiger partial charge is 0.494 e. The van der Waals surface area contributed by atoms with Crippen molar-refractivity contribution >= 4 is 34.1 Å². The maximum Gasteiger partial charge on any atom is 0.272 e. The molecule has 1 N–H and O–H groups in total. The zero-order valence-corrected chi connectivity index (χ0v) is 15.2. The van der Waals surface area contributed by atoms with Gasteiger partial charge in [0.05, 0.1) is 12.3 Å². The first kappa shape index (κ1) is 17.3. The molecule has 2 heterocycles. The Morgan fingerprint density at radius 2 is 2.12 bits per heavy atom. The third-order valence-corrected chi connectivity index (χ3v) is 4.44. The summed E-state index contributed by atoms with van der Waals surface area (Å²) in [6, 6.07) is 9.36. The van der Waals surface area contributed by atoms with Crippen molar-refractivity contribution in [3.63, 3.8) is 0 Å². The van der Waals surface area contributed by atoms with Gasteiger partial charge in [-0.3, -0.25) is 4.79 Å². The molecule has 130 valence electrons. The highest BCUT2D eigenvalue weighted by atomic mass is 35.5. The number of carbonyl (C=O) groups is 1. The minimum absolute atomic E-state index is 0.205. The lowest BCUT2D eigenvalue weighted by atomic mass is 10.1. The third-order valence-electron chi connectivity index (χ3n) is 4.14. The normalized spacial score (nSPS) is 10.9. The predicted molar refractivity (Wildman–Crippen MR) is 101 cm³/mol. The molecule has 0 saturated heterocycles. The molecule has 1 aromatic carbocycles. The summed E-state index contributed by atoms with van der Waals surface area (Å²) >= 11 is 6.05. The Hall–Kier alpha value is -2.53. The number of halogens is 1. The molecule has 2 aromatic heterocycles. The SMILES string of the molecule is CCOc1ccc2c(c1)c(C)c(C(=O)Nc1cccnc1Cl)n2CC. The first-order chi connectivity index (χ1) is 12.1. The van der Waals surface area contributed by atoms with Gasteiger partial charge in [0.25, 0.3) is 5.91 Å². The molecule has 0 unspecified atom stereocenters. The summed E-state index contributed by atoms with van der Waals surface area (Å²) in [5.74, 6) is 0.594. The van der Waals surface area contributed by atoms with Crippen molar-refractivity contribution in [2.45, 2.75) is 27.3 Å². The number of amides is 1. The van der Waals surface area contributed by atoms with Gasteiger partial charge in [0, 0.05) is 23.6 Å². The molecule has 0 aliphatic heterocycles. The first-order valence-corrected chi connectivity index (χ1v) is 8.62. The molecule has 0 fully saturated rings. The number of fused-ring (bicyclic) bond motifs is 1. The second kappa shape index (κ2) is 7.15. The lowest BCUT2D eigenvalue weighted by Crippen LogP contribution is -2.18. The number of anilines is 1. The molecule has 0 aliphatic carbocycles. The van der Waals surface area contributed by atoms with E-state index < -0.39 is 0 Å². The van der Waals surface area contributed by atoms with Gasteiger partial charge >= 0.3 is 0 Å². The number of benzene rings is 1. The van der Waals surface area contributed by atoms with Crippen LogP contribution in [-0.2, 0) is 6.54 Å². The maximum absolute atomic E-state index is 12.9. The Morgan fingerprint density at radius 1 is 1.32 bits per heavy atom. The second-order valence-corrected chi connectivity index (χ2v) is 5.98. The van der Waals surface area contributed by atoms with Crippen LogP contribution in [0.2, 0.25) is 5.15 Å². The fourth-order valence-electron chi connectivity index (χ4n) is 3.04. The predicted octanol–water partition coefficient (Wildman–Crippen LogP) is 4.67. The number of nitrogens with one attached hydrogen (secondary N) is 1. The number of aryl methyl sites for hydroxylation is 2. The molecule has 6 heteroatoms. The standard InChI is InChI=1S/C19H20ClN3O2/c1-4-23-16-9-8-13(25-5-2)11-14(16)12(3)17(23)19(24)22-15-7-6-10-21-18(15)20/h6-11H,4-5H2,1-3H3,(H,22,24). The Kier molecular flexibility index (Phi) is 4.95. The van der Waals surface area contributed by atoms with Gasteiger partial charge in [-0.15, -0.1) is 0 Å². The molecule has 0 spiro atoms. The van der Waals surface area contributed by atoms with E-state index >= 15 is 0 Å². The first-order valence-electron chi connectivity index (χ1n) is 8.24. The quantitative estimate of drug-likeness (QED) is 0.675.